The predicted molar refractivity (Wildman–Crippen MR) is 109 cm³/mol. The quantitative estimate of drug-likeness (QED) is 0.691. The maximum Gasteiger partial charge on any atom is 0.243 e. The van der Waals surface area contributed by atoms with E-state index in [-0.39, 0.29) is 12.6 Å². The van der Waals surface area contributed by atoms with E-state index in [2.05, 4.69) is 5.32 Å². The van der Waals surface area contributed by atoms with Crippen LogP contribution >= 0.6 is 0 Å². The summed E-state index contributed by atoms with van der Waals surface area (Å²) in [7, 11) is -2.04. The number of ether oxygens (including phenoxy) is 2. The van der Waals surface area contributed by atoms with Crippen molar-refractivity contribution in [2.45, 2.75) is 25.9 Å². The molecular formula is C20H26N2O5S. The summed E-state index contributed by atoms with van der Waals surface area (Å²) in [5, 5.41) is 2.80. The summed E-state index contributed by atoms with van der Waals surface area (Å²) < 4.78 is 36.3. The maximum absolute atomic E-state index is 12.6. The monoisotopic (exact) mass is 406 g/mol. The molecule has 2 rings (SSSR count). The van der Waals surface area contributed by atoms with Crippen molar-refractivity contribution in [1.29, 1.82) is 0 Å². The van der Waals surface area contributed by atoms with Crippen LogP contribution < -0.4 is 19.1 Å². The largest absolute Gasteiger partial charge is 0.497 e. The van der Waals surface area contributed by atoms with Crippen LogP contribution in [0, 0.1) is 0 Å². The normalized spacial score (nSPS) is 13.3. The summed E-state index contributed by atoms with van der Waals surface area (Å²) in [6.07, 6.45) is 1.08. The lowest BCUT2D eigenvalue weighted by Gasteiger charge is -2.29. The second-order valence-electron chi connectivity index (χ2n) is 6.47. The molecule has 28 heavy (non-hydrogen) atoms. The summed E-state index contributed by atoms with van der Waals surface area (Å²) in [5.74, 6) is 0.974. The van der Waals surface area contributed by atoms with Gasteiger partial charge in [0.05, 0.1) is 25.1 Å². The Labute approximate surface area is 166 Å². The fourth-order valence-corrected chi connectivity index (χ4v) is 3.86. The van der Waals surface area contributed by atoms with Gasteiger partial charge in [-0.15, -0.1) is 0 Å². The highest BCUT2D eigenvalue weighted by atomic mass is 32.2. The second kappa shape index (κ2) is 9.45. The number of hydrogen-bond donors (Lipinski definition) is 1. The minimum absolute atomic E-state index is 0.245. The van der Waals surface area contributed by atoms with E-state index in [9.17, 15) is 13.2 Å². The van der Waals surface area contributed by atoms with Gasteiger partial charge in [0.25, 0.3) is 0 Å². The first-order chi connectivity index (χ1) is 13.2. The Kier molecular flexibility index (Phi) is 7.28. The molecule has 0 aliphatic carbocycles. The van der Waals surface area contributed by atoms with Gasteiger partial charge >= 0.3 is 0 Å². The minimum Gasteiger partial charge on any atom is -0.497 e. The van der Waals surface area contributed by atoms with Gasteiger partial charge in [-0.3, -0.25) is 9.10 Å². The molecule has 2 atom stereocenters. The summed E-state index contributed by atoms with van der Waals surface area (Å²) in [5.41, 5.74) is 0.440. The van der Waals surface area contributed by atoms with E-state index in [0.29, 0.717) is 11.4 Å². The number of nitrogens with zero attached hydrogens (tertiary/aromatic N) is 1. The molecule has 0 spiro atoms. The lowest BCUT2D eigenvalue weighted by molar-refractivity contribution is -0.122. The molecule has 0 aliphatic heterocycles. The van der Waals surface area contributed by atoms with Gasteiger partial charge in [0.1, 0.15) is 24.1 Å². The Hall–Kier alpha value is -2.74. The smallest absolute Gasteiger partial charge is 0.243 e. The Bertz CT molecular complexity index is 869. The van der Waals surface area contributed by atoms with Crippen LogP contribution in [-0.4, -0.2) is 46.4 Å². The van der Waals surface area contributed by atoms with Crippen molar-refractivity contribution in [3.63, 3.8) is 0 Å². The predicted octanol–water partition coefficient (Wildman–Crippen LogP) is 2.43. The summed E-state index contributed by atoms with van der Waals surface area (Å²) in [6, 6.07) is 14.4. The highest BCUT2D eigenvalue weighted by Crippen LogP contribution is 2.20. The molecule has 152 valence electrons. The molecule has 1 N–H and O–H groups in total. The molecule has 0 unspecified atom stereocenters. The number of hydrogen-bond acceptors (Lipinski definition) is 5. The third kappa shape index (κ3) is 5.88. The SMILES string of the molecule is COc1ccc(OC[C@@H](C)NC(=O)[C@@H](C)N(c2ccccc2)S(C)(=O)=O)cc1. The number of methoxy groups -OCH3 is 1. The molecule has 0 saturated heterocycles. The maximum atomic E-state index is 12.6. The van der Waals surface area contributed by atoms with Crippen molar-refractivity contribution in [3.8, 4) is 11.5 Å². The molecule has 8 heteroatoms. The molecule has 1 amide bonds. The van der Waals surface area contributed by atoms with Gasteiger partial charge in [0.15, 0.2) is 0 Å². The van der Waals surface area contributed by atoms with Crippen LogP contribution in [0.2, 0.25) is 0 Å². The summed E-state index contributed by atoms with van der Waals surface area (Å²) >= 11 is 0. The second-order valence-corrected chi connectivity index (χ2v) is 8.33. The molecule has 0 heterocycles. The zero-order valence-electron chi connectivity index (χ0n) is 16.5. The topological polar surface area (TPSA) is 84.9 Å². The lowest BCUT2D eigenvalue weighted by Crippen LogP contribution is -2.50. The zero-order valence-corrected chi connectivity index (χ0v) is 17.3. The Balaban J connectivity index is 1.99. The molecule has 0 fully saturated rings. The molecule has 0 aromatic heterocycles. The number of anilines is 1. The average molecular weight is 407 g/mol. The van der Waals surface area contributed by atoms with Crippen LogP contribution in [-0.2, 0) is 14.8 Å². The van der Waals surface area contributed by atoms with Crippen LogP contribution in [0.15, 0.2) is 54.6 Å². The lowest BCUT2D eigenvalue weighted by atomic mass is 10.2. The van der Waals surface area contributed by atoms with E-state index >= 15 is 0 Å². The Morgan fingerprint density at radius 3 is 2.14 bits per heavy atom. The molecule has 2 aromatic carbocycles. The van der Waals surface area contributed by atoms with E-state index in [0.717, 1.165) is 16.3 Å². The molecule has 0 aliphatic rings. The summed E-state index contributed by atoms with van der Waals surface area (Å²) in [4.78, 5) is 12.6. The van der Waals surface area contributed by atoms with Crippen molar-refractivity contribution in [2.75, 3.05) is 24.3 Å². The van der Waals surface area contributed by atoms with Crippen molar-refractivity contribution >= 4 is 21.6 Å². The number of carbonyl (C=O) groups is 1. The first kappa shape index (κ1) is 21.6. The van der Waals surface area contributed by atoms with Crippen LogP contribution in [0.4, 0.5) is 5.69 Å². The fraction of sp³-hybridized carbons (Fsp3) is 0.350. The van der Waals surface area contributed by atoms with E-state index in [1.807, 2.05) is 0 Å². The molecule has 0 bridgehead atoms. The van der Waals surface area contributed by atoms with E-state index in [1.54, 1.807) is 75.6 Å². The number of para-hydroxylation sites is 1. The third-order valence-electron chi connectivity index (χ3n) is 4.05. The van der Waals surface area contributed by atoms with Gasteiger partial charge in [-0.05, 0) is 50.2 Å². The van der Waals surface area contributed by atoms with E-state index in [4.69, 9.17) is 9.47 Å². The number of sulfonamides is 1. The number of nitrogens with one attached hydrogen (secondary N) is 1. The van der Waals surface area contributed by atoms with Gasteiger partial charge in [0.2, 0.25) is 15.9 Å². The van der Waals surface area contributed by atoms with Gasteiger partial charge in [-0.1, -0.05) is 18.2 Å². The highest BCUT2D eigenvalue weighted by molar-refractivity contribution is 7.92. The minimum atomic E-state index is -3.63. The Morgan fingerprint density at radius 2 is 1.61 bits per heavy atom. The van der Waals surface area contributed by atoms with Gasteiger partial charge in [0, 0.05) is 0 Å². The van der Waals surface area contributed by atoms with E-state index < -0.39 is 22.0 Å². The standard InChI is InChI=1S/C20H26N2O5S/c1-15(14-27-19-12-10-18(26-3)11-13-19)21-20(23)16(2)22(28(4,24)25)17-8-6-5-7-9-17/h5-13,15-16H,14H2,1-4H3,(H,21,23)/t15-,16-/m1/s1. The van der Waals surface area contributed by atoms with Crippen molar-refractivity contribution < 1.29 is 22.7 Å². The fourth-order valence-electron chi connectivity index (χ4n) is 2.68. The van der Waals surface area contributed by atoms with Gasteiger partial charge in [-0.2, -0.15) is 0 Å². The molecule has 2 aromatic rings. The highest BCUT2D eigenvalue weighted by Gasteiger charge is 2.29. The number of benzene rings is 2. The van der Waals surface area contributed by atoms with Crippen LogP contribution in [0.25, 0.3) is 0 Å². The average Bonchev–Trinajstić information content (AvgIpc) is 2.66. The number of amides is 1. The molecule has 0 radical (unpaired) electrons. The van der Waals surface area contributed by atoms with Crippen molar-refractivity contribution in [2.24, 2.45) is 0 Å². The first-order valence-corrected chi connectivity index (χ1v) is 10.7. The van der Waals surface area contributed by atoms with Gasteiger partial charge < -0.3 is 14.8 Å². The number of rotatable bonds is 9. The zero-order chi connectivity index (χ0) is 20.7. The van der Waals surface area contributed by atoms with Crippen molar-refractivity contribution in [1.82, 2.24) is 5.32 Å². The van der Waals surface area contributed by atoms with Crippen LogP contribution in [0.1, 0.15) is 13.8 Å². The van der Waals surface area contributed by atoms with Crippen molar-refractivity contribution in [3.05, 3.63) is 54.6 Å². The third-order valence-corrected chi connectivity index (χ3v) is 5.29. The molecular weight excluding hydrogens is 380 g/mol. The summed E-state index contributed by atoms with van der Waals surface area (Å²) in [6.45, 7) is 3.59. The van der Waals surface area contributed by atoms with Crippen LogP contribution in [0.3, 0.4) is 0 Å². The Morgan fingerprint density at radius 1 is 1.04 bits per heavy atom. The molecule has 7 nitrogen and oxygen atoms in total. The van der Waals surface area contributed by atoms with E-state index in [1.165, 1.54) is 0 Å². The van der Waals surface area contributed by atoms with Gasteiger partial charge in [-0.25, -0.2) is 8.42 Å². The van der Waals surface area contributed by atoms with Crippen LogP contribution in [0.5, 0.6) is 11.5 Å². The molecule has 0 saturated carbocycles. The first-order valence-electron chi connectivity index (χ1n) is 8.84. The number of carbonyl (C=O) groups excluding carboxylic acids is 1.